The van der Waals surface area contributed by atoms with Crippen LogP contribution in [-0.4, -0.2) is 37.3 Å². The summed E-state index contributed by atoms with van der Waals surface area (Å²) >= 11 is 0. The van der Waals surface area contributed by atoms with Crippen molar-refractivity contribution in [3.8, 4) is 11.5 Å². The van der Waals surface area contributed by atoms with Crippen molar-refractivity contribution in [3.63, 3.8) is 0 Å². The summed E-state index contributed by atoms with van der Waals surface area (Å²) < 4.78 is 5.84. The van der Waals surface area contributed by atoms with Crippen LogP contribution in [0.3, 0.4) is 0 Å². The second-order valence-corrected chi connectivity index (χ2v) is 7.17. The number of para-hydroxylation sites is 1. The normalized spacial score (nSPS) is 21.4. The third kappa shape index (κ3) is 4.64. The van der Waals surface area contributed by atoms with Gasteiger partial charge in [0.2, 0.25) is 0 Å². The van der Waals surface area contributed by atoms with Crippen molar-refractivity contribution < 1.29 is 4.74 Å². The first kappa shape index (κ1) is 19.2. The van der Waals surface area contributed by atoms with E-state index >= 15 is 0 Å². The Balaban J connectivity index is 1.53. The van der Waals surface area contributed by atoms with Crippen molar-refractivity contribution in [3.05, 3.63) is 71.6 Å². The molecule has 7 heteroatoms. The molecule has 4 rings (SSSR count). The van der Waals surface area contributed by atoms with Crippen molar-refractivity contribution in [2.24, 2.45) is 10.7 Å². The molecule has 2 atom stereocenters. The van der Waals surface area contributed by atoms with Gasteiger partial charge in [-0.15, -0.1) is 0 Å². The molecule has 7 nitrogen and oxygen atoms in total. The lowest BCUT2D eigenvalue weighted by Crippen LogP contribution is -2.48. The number of hydrogen-bond acceptors (Lipinski definition) is 7. The van der Waals surface area contributed by atoms with Gasteiger partial charge in [0.05, 0.1) is 17.6 Å². The minimum absolute atomic E-state index is 0.283. The summed E-state index contributed by atoms with van der Waals surface area (Å²) in [6, 6.07) is 17.4. The van der Waals surface area contributed by atoms with E-state index in [9.17, 15) is 0 Å². The van der Waals surface area contributed by atoms with Gasteiger partial charge >= 0.3 is 0 Å². The maximum absolute atomic E-state index is 8.75. The molecule has 0 radical (unpaired) electrons. The smallest absolute Gasteiger partial charge is 0.136 e. The molecule has 150 valence electrons. The van der Waals surface area contributed by atoms with Gasteiger partial charge in [-0.05, 0) is 55.8 Å². The quantitative estimate of drug-likeness (QED) is 0.487. The molecule has 0 bridgehead atoms. The van der Waals surface area contributed by atoms with Crippen LogP contribution in [0.5, 0.6) is 11.5 Å². The molecule has 1 saturated heterocycles. The summed E-state index contributed by atoms with van der Waals surface area (Å²) in [5.74, 6) is 2.16. The minimum Gasteiger partial charge on any atom is -0.457 e. The van der Waals surface area contributed by atoms with E-state index in [1.807, 2.05) is 54.6 Å². The summed E-state index contributed by atoms with van der Waals surface area (Å²) in [6.07, 6.45) is 3.30. The molecule has 2 aliphatic rings. The Morgan fingerprint density at radius 1 is 1.10 bits per heavy atom. The number of nitrogens with zero attached hydrogens (tertiary/aromatic N) is 1. The highest BCUT2D eigenvalue weighted by Gasteiger charge is 2.25. The molecular formula is C22H26N6O. The Morgan fingerprint density at radius 2 is 1.86 bits per heavy atom. The van der Waals surface area contributed by atoms with Gasteiger partial charge in [0.1, 0.15) is 23.5 Å². The third-order valence-electron chi connectivity index (χ3n) is 5.04. The van der Waals surface area contributed by atoms with E-state index in [0.717, 1.165) is 43.0 Å². The van der Waals surface area contributed by atoms with E-state index in [0.29, 0.717) is 17.1 Å². The van der Waals surface area contributed by atoms with E-state index < -0.39 is 6.17 Å². The molecule has 2 aromatic carbocycles. The Bertz CT molecular complexity index is 901. The maximum atomic E-state index is 8.75. The predicted molar refractivity (Wildman–Crippen MR) is 115 cm³/mol. The lowest BCUT2D eigenvalue weighted by molar-refractivity contribution is 0.410. The summed E-state index contributed by atoms with van der Waals surface area (Å²) in [6.45, 7) is 1.93. The Kier molecular flexibility index (Phi) is 5.88. The fourth-order valence-electron chi connectivity index (χ4n) is 3.51. The van der Waals surface area contributed by atoms with Crippen molar-refractivity contribution in [1.29, 1.82) is 5.41 Å². The first-order chi connectivity index (χ1) is 14.2. The van der Waals surface area contributed by atoms with Gasteiger partial charge in [-0.2, -0.15) is 0 Å². The lowest BCUT2D eigenvalue weighted by atomic mass is 9.98. The molecule has 0 spiro atoms. The average molecular weight is 390 g/mol. The molecule has 2 aliphatic heterocycles. The van der Waals surface area contributed by atoms with Crippen LogP contribution in [0.1, 0.15) is 18.4 Å². The van der Waals surface area contributed by atoms with Crippen LogP contribution >= 0.6 is 0 Å². The SMILES string of the molecule is N=C(C1=C(N[C@@H]2CCCNC2)N=CNC1N)c1ccc(Oc2ccccc2)cc1. The second kappa shape index (κ2) is 8.89. The number of aliphatic imine (C=N–C) groups is 1. The van der Waals surface area contributed by atoms with Crippen molar-refractivity contribution in [1.82, 2.24) is 16.0 Å². The highest BCUT2D eigenvalue weighted by atomic mass is 16.5. The molecule has 29 heavy (non-hydrogen) atoms. The van der Waals surface area contributed by atoms with E-state index in [2.05, 4.69) is 20.9 Å². The van der Waals surface area contributed by atoms with Crippen LogP contribution in [-0.2, 0) is 0 Å². The van der Waals surface area contributed by atoms with Gasteiger partial charge in [0.15, 0.2) is 0 Å². The molecule has 0 aromatic heterocycles. The Morgan fingerprint density at radius 3 is 2.59 bits per heavy atom. The first-order valence-electron chi connectivity index (χ1n) is 9.88. The van der Waals surface area contributed by atoms with E-state index in [-0.39, 0.29) is 6.04 Å². The monoisotopic (exact) mass is 390 g/mol. The maximum Gasteiger partial charge on any atom is 0.136 e. The molecule has 1 fully saturated rings. The van der Waals surface area contributed by atoms with Gasteiger partial charge in [0.25, 0.3) is 0 Å². The molecule has 2 aromatic rings. The zero-order valence-electron chi connectivity index (χ0n) is 16.2. The van der Waals surface area contributed by atoms with E-state index in [1.54, 1.807) is 6.34 Å². The van der Waals surface area contributed by atoms with E-state index in [4.69, 9.17) is 15.9 Å². The molecule has 0 saturated carbocycles. The number of ether oxygens (including phenoxy) is 1. The number of hydrogen-bond donors (Lipinski definition) is 5. The van der Waals surface area contributed by atoms with Crippen molar-refractivity contribution in [2.45, 2.75) is 25.0 Å². The molecule has 1 unspecified atom stereocenters. The average Bonchev–Trinajstić information content (AvgIpc) is 2.75. The fraction of sp³-hybridized carbons (Fsp3) is 0.273. The summed E-state index contributed by atoms with van der Waals surface area (Å²) in [5, 5.41) is 18.6. The predicted octanol–water partition coefficient (Wildman–Crippen LogP) is 2.32. The van der Waals surface area contributed by atoms with Crippen LogP contribution < -0.4 is 26.4 Å². The van der Waals surface area contributed by atoms with Crippen LogP contribution in [0.2, 0.25) is 0 Å². The molecule has 0 aliphatic carbocycles. The number of piperidine rings is 1. The van der Waals surface area contributed by atoms with Crippen molar-refractivity contribution in [2.75, 3.05) is 13.1 Å². The van der Waals surface area contributed by atoms with Crippen LogP contribution in [0.15, 0.2) is 71.0 Å². The first-order valence-corrected chi connectivity index (χ1v) is 9.88. The molecule has 2 heterocycles. The van der Waals surface area contributed by atoms with Crippen LogP contribution in [0.25, 0.3) is 0 Å². The standard InChI is InChI=1S/C22H26N6O/c23-20(15-8-10-18(11-9-15)29-17-6-2-1-3-7-17)19-21(24)26-14-27-22(19)28-16-5-4-12-25-13-16/h1-3,6-11,14,16,21,23,25,28H,4-5,12-13,24H2,(H,26,27)/t16-,21?/m1/s1. The summed E-state index contributed by atoms with van der Waals surface area (Å²) in [4.78, 5) is 4.43. The minimum atomic E-state index is -0.487. The number of nitrogens with two attached hydrogens (primary N) is 1. The topological polar surface area (TPSA) is 108 Å². The third-order valence-corrected chi connectivity index (χ3v) is 5.04. The largest absolute Gasteiger partial charge is 0.457 e. The number of rotatable bonds is 6. The molecule has 6 N–H and O–H groups in total. The van der Waals surface area contributed by atoms with Crippen molar-refractivity contribution >= 4 is 12.1 Å². The summed E-state index contributed by atoms with van der Waals surface area (Å²) in [5.41, 5.74) is 8.03. The van der Waals surface area contributed by atoms with Gasteiger partial charge in [-0.25, -0.2) is 4.99 Å². The zero-order valence-corrected chi connectivity index (χ0v) is 16.2. The van der Waals surface area contributed by atoms with Gasteiger partial charge < -0.3 is 26.4 Å². The number of nitrogens with one attached hydrogen (secondary N) is 4. The molecular weight excluding hydrogens is 364 g/mol. The zero-order chi connectivity index (χ0) is 20.1. The highest BCUT2D eigenvalue weighted by Crippen LogP contribution is 2.23. The lowest BCUT2D eigenvalue weighted by Gasteiger charge is -2.29. The van der Waals surface area contributed by atoms with Crippen LogP contribution in [0.4, 0.5) is 0 Å². The Labute approximate surface area is 170 Å². The van der Waals surface area contributed by atoms with Gasteiger partial charge in [-0.3, -0.25) is 5.41 Å². The van der Waals surface area contributed by atoms with E-state index in [1.165, 1.54) is 0 Å². The Hall–Kier alpha value is -3.16. The van der Waals surface area contributed by atoms with Crippen LogP contribution in [0, 0.1) is 5.41 Å². The summed E-state index contributed by atoms with van der Waals surface area (Å²) in [7, 11) is 0. The van der Waals surface area contributed by atoms with Gasteiger partial charge in [0, 0.05) is 18.2 Å². The van der Waals surface area contributed by atoms with Gasteiger partial charge in [-0.1, -0.05) is 18.2 Å². The fourth-order valence-corrected chi connectivity index (χ4v) is 3.51. The highest BCUT2D eigenvalue weighted by molar-refractivity contribution is 6.12. The second-order valence-electron chi connectivity index (χ2n) is 7.17. The molecule has 0 amide bonds. The number of benzene rings is 2.